The maximum absolute atomic E-state index is 13.6. The minimum Gasteiger partial charge on any atom is -0.445 e. The van der Waals surface area contributed by atoms with Gasteiger partial charge in [-0.05, 0) is 56.6 Å². The van der Waals surface area contributed by atoms with Crippen molar-refractivity contribution in [3.05, 3.63) is 71.8 Å². The molecule has 0 saturated carbocycles. The number of alkyl carbamates (subject to hydrolysis) is 1. The van der Waals surface area contributed by atoms with E-state index in [9.17, 15) is 24.3 Å². The number of amides is 4. The van der Waals surface area contributed by atoms with Crippen molar-refractivity contribution in [3.8, 4) is 0 Å². The molecule has 11 nitrogen and oxygen atoms in total. The second kappa shape index (κ2) is 17.4. The van der Waals surface area contributed by atoms with Gasteiger partial charge in [-0.15, -0.1) is 0 Å². The minimum atomic E-state index is -1.35. The summed E-state index contributed by atoms with van der Waals surface area (Å²) in [6, 6.07) is 15.3. The molecule has 11 heteroatoms. The van der Waals surface area contributed by atoms with Crippen molar-refractivity contribution in [2.45, 2.75) is 97.7 Å². The molecule has 248 valence electrons. The number of nitrogens with two attached hydrogens (primary N) is 1. The second-order valence-electron chi connectivity index (χ2n) is 13.0. The van der Waals surface area contributed by atoms with Crippen molar-refractivity contribution >= 4 is 24.0 Å². The Balaban J connectivity index is 2.37. The fraction of sp³-hybridized carbons (Fsp3) is 0.529. The summed E-state index contributed by atoms with van der Waals surface area (Å²) in [6.07, 6.45) is -2.47. The van der Waals surface area contributed by atoms with Crippen molar-refractivity contribution in [2.24, 2.45) is 17.6 Å². The van der Waals surface area contributed by atoms with E-state index in [4.69, 9.17) is 15.2 Å². The number of ether oxygens (including phenoxy) is 2. The van der Waals surface area contributed by atoms with Gasteiger partial charge in [0.2, 0.25) is 11.8 Å². The first-order valence-corrected chi connectivity index (χ1v) is 15.4. The Morgan fingerprint density at radius 2 is 1.44 bits per heavy atom. The SMILES string of the molecule is CC(C)C[C@@H](C(N)=O)N(C[C@H](O)[C@H](Cc1ccccc1)NC(=O)[C@@H](NC(=O)OC(C)(C)C)C(C)C)C(=O)OCc1ccccc1. The lowest BCUT2D eigenvalue weighted by atomic mass is 9.97. The average Bonchev–Trinajstić information content (AvgIpc) is 2.95. The molecule has 0 aliphatic heterocycles. The lowest BCUT2D eigenvalue weighted by Gasteiger charge is -2.35. The summed E-state index contributed by atoms with van der Waals surface area (Å²) in [4.78, 5) is 53.3. The normalized spacial score (nSPS) is 14.2. The van der Waals surface area contributed by atoms with Crippen molar-refractivity contribution in [1.82, 2.24) is 15.5 Å². The maximum Gasteiger partial charge on any atom is 0.410 e. The highest BCUT2D eigenvalue weighted by Crippen LogP contribution is 2.18. The highest BCUT2D eigenvalue weighted by molar-refractivity contribution is 5.86. The van der Waals surface area contributed by atoms with Crippen LogP contribution in [0.1, 0.15) is 66.0 Å². The number of primary amides is 1. The van der Waals surface area contributed by atoms with Gasteiger partial charge in [0, 0.05) is 0 Å². The average molecular weight is 627 g/mol. The predicted molar refractivity (Wildman–Crippen MR) is 172 cm³/mol. The Bertz CT molecular complexity index is 1230. The molecule has 0 fully saturated rings. The quantitative estimate of drug-likeness (QED) is 0.231. The molecule has 0 bridgehead atoms. The predicted octanol–water partition coefficient (Wildman–Crippen LogP) is 4.16. The van der Waals surface area contributed by atoms with Crippen LogP contribution in [0.15, 0.2) is 60.7 Å². The molecule has 4 atom stereocenters. The maximum atomic E-state index is 13.6. The van der Waals surface area contributed by atoms with Crippen LogP contribution >= 0.6 is 0 Å². The van der Waals surface area contributed by atoms with Gasteiger partial charge < -0.3 is 30.9 Å². The summed E-state index contributed by atoms with van der Waals surface area (Å²) >= 11 is 0. The zero-order valence-corrected chi connectivity index (χ0v) is 27.5. The van der Waals surface area contributed by atoms with E-state index in [0.717, 1.165) is 16.0 Å². The van der Waals surface area contributed by atoms with Crippen molar-refractivity contribution in [3.63, 3.8) is 0 Å². The second-order valence-corrected chi connectivity index (χ2v) is 13.0. The molecule has 0 aliphatic rings. The van der Waals surface area contributed by atoms with E-state index in [1.165, 1.54) is 0 Å². The number of nitrogens with zero attached hydrogens (tertiary/aromatic N) is 1. The van der Waals surface area contributed by atoms with E-state index in [1.807, 2.05) is 62.4 Å². The molecule has 0 heterocycles. The monoisotopic (exact) mass is 626 g/mol. The Kier molecular flexibility index (Phi) is 14.3. The Morgan fingerprint density at radius 3 is 1.93 bits per heavy atom. The number of nitrogens with one attached hydrogen (secondary N) is 2. The van der Waals surface area contributed by atoms with Crippen LogP contribution in [-0.2, 0) is 32.1 Å². The van der Waals surface area contributed by atoms with Crippen LogP contribution in [0.2, 0.25) is 0 Å². The molecule has 0 saturated heterocycles. The van der Waals surface area contributed by atoms with Crippen LogP contribution < -0.4 is 16.4 Å². The fourth-order valence-corrected chi connectivity index (χ4v) is 4.70. The molecule has 0 radical (unpaired) electrons. The number of aliphatic hydroxyl groups excluding tert-OH is 1. The largest absolute Gasteiger partial charge is 0.445 e. The minimum absolute atomic E-state index is 0.00499. The highest BCUT2D eigenvalue weighted by atomic mass is 16.6. The van der Waals surface area contributed by atoms with E-state index in [1.54, 1.807) is 46.8 Å². The van der Waals surface area contributed by atoms with E-state index >= 15 is 0 Å². The van der Waals surface area contributed by atoms with Crippen LogP contribution in [0.3, 0.4) is 0 Å². The van der Waals surface area contributed by atoms with E-state index in [2.05, 4.69) is 10.6 Å². The number of carbonyl (C=O) groups excluding carboxylic acids is 4. The van der Waals surface area contributed by atoms with Crippen molar-refractivity contribution in [1.29, 1.82) is 0 Å². The fourth-order valence-electron chi connectivity index (χ4n) is 4.70. The van der Waals surface area contributed by atoms with Gasteiger partial charge in [-0.3, -0.25) is 14.5 Å². The smallest absolute Gasteiger partial charge is 0.410 e. The number of aliphatic hydroxyl groups is 1. The third-order valence-corrected chi connectivity index (χ3v) is 6.93. The van der Waals surface area contributed by atoms with Crippen LogP contribution in [0, 0.1) is 11.8 Å². The van der Waals surface area contributed by atoms with Crippen LogP contribution in [0.25, 0.3) is 0 Å². The standard InChI is InChI=1S/C34H50N4O7/c1-22(2)18-27(30(35)40)38(33(43)44-21-25-16-12-9-13-17-25)20-28(39)26(19-24-14-10-8-11-15-24)36-31(41)29(23(3)4)37-32(42)45-34(5,6)7/h8-17,22-23,26-29,39H,18-21H2,1-7H3,(H2,35,40)(H,36,41)(H,37,42)/t26-,27-,28-,29-/m0/s1. The van der Waals surface area contributed by atoms with Gasteiger partial charge in [0.15, 0.2) is 0 Å². The van der Waals surface area contributed by atoms with Crippen LogP contribution in [0.5, 0.6) is 0 Å². The summed E-state index contributed by atoms with van der Waals surface area (Å²) in [5.41, 5.74) is 6.56. The molecule has 2 rings (SSSR count). The van der Waals surface area contributed by atoms with Crippen LogP contribution in [-0.4, -0.2) is 70.4 Å². The molecular weight excluding hydrogens is 576 g/mol. The van der Waals surface area contributed by atoms with Gasteiger partial charge in [-0.2, -0.15) is 0 Å². The van der Waals surface area contributed by atoms with E-state index in [0.29, 0.717) is 0 Å². The van der Waals surface area contributed by atoms with Crippen molar-refractivity contribution in [2.75, 3.05) is 6.54 Å². The lowest BCUT2D eigenvalue weighted by Crippen LogP contribution is -2.58. The molecule has 2 aromatic rings. The van der Waals surface area contributed by atoms with Gasteiger partial charge in [0.05, 0.1) is 18.7 Å². The summed E-state index contributed by atoms with van der Waals surface area (Å²) < 4.78 is 10.9. The Morgan fingerprint density at radius 1 is 0.889 bits per heavy atom. The molecular formula is C34H50N4O7. The molecule has 2 aromatic carbocycles. The molecule has 4 amide bonds. The number of hydrogen-bond donors (Lipinski definition) is 4. The number of benzene rings is 2. The summed E-state index contributed by atoms with van der Waals surface area (Å²) in [5, 5.41) is 17.1. The first-order valence-electron chi connectivity index (χ1n) is 15.4. The number of hydrogen-bond acceptors (Lipinski definition) is 7. The highest BCUT2D eigenvalue weighted by Gasteiger charge is 2.36. The van der Waals surface area contributed by atoms with Gasteiger partial charge >= 0.3 is 12.2 Å². The molecule has 45 heavy (non-hydrogen) atoms. The molecule has 5 N–H and O–H groups in total. The molecule has 0 spiro atoms. The summed E-state index contributed by atoms with van der Waals surface area (Å²) in [6.45, 7) is 12.1. The summed E-state index contributed by atoms with van der Waals surface area (Å²) in [5.74, 6) is -1.60. The van der Waals surface area contributed by atoms with E-state index in [-0.39, 0.29) is 37.8 Å². The van der Waals surface area contributed by atoms with Crippen molar-refractivity contribution < 1.29 is 33.8 Å². The first-order chi connectivity index (χ1) is 21.1. The number of rotatable bonds is 15. The molecule has 0 aliphatic carbocycles. The molecule has 0 unspecified atom stereocenters. The van der Waals surface area contributed by atoms with Gasteiger partial charge in [-0.25, -0.2) is 9.59 Å². The van der Waals surface area contributed by atoms with Gasteiger partial charge in [0.1, 0.15) is 24.3 Å². The Hall–Kier alpha value is -4.12. The van der Waals surface area contributed by atoms with Gasteiger partial charge in [0.25, 0.3) is 0 Å². The third-order valence-electron chi connectivity index (χ3n) is 6.93. The molecule has 0 aromatic heterocycles. The number of carbonyl (C=O) groups is 4. The topological polar surface area (TPSA) is 160 Å². The first kappa shape index (κ1) is 37.1. The van der Waals surface area contributed by atoms with Gasteiger partial charge in [-0.1, -0.05) is 88.4 Å². The zero-order valence-electron chi connectivity index (χ0n) is 27.5. The third kappa shape index (κ3) is 13.2. The summed E-state index contributed by atoms with van der Waals surface area (Å²) in [7, 11) is 0. The van der Waals surface area contributed by atoms with Crippen LogP contribution in [0.4, 0.5) is 9.59 Å². The van der Waals surface area contributed by atoms with E-state index < -0.39 is 53.8 Å². The zero-order chi connectivity index (χ0) is 33.7. The Labute approximate surface area is 266 Å². The lowest BCUT2D eigenvalue weighted by molar-refractivity contribution is -0.127.